The van der Waals surface area contributed by atoms with Crippen LogP contribution in [0, 0.1) is 6.92 Å². The van der Waals surface area contributed by atoms with Crippen LogP contribution in [-0.2, 0) is 11.2 Å². The number of carbonyl (C=O) groups excluding carboxylic acids is 1. The maximum Gasteiger partial charge on any atom is 0.125 e. The lowest BCUT2D eigenvalue weighted by Crippen LogP contribution is -1.76. The molecule has 1 heterocycles. The summed E-state index contributed by atoms with van der Waals surface area (Å²) >= 11 is 1.39. The average Bonchev–Trinajstić information content (AvgIpc) is 2.17. The molecule has 1 rings (SSSR count). The van der Waals surface area contributed by atoms with Crippen molar-refractivity contribution in [1.82, 2.24) is 4.37 Å². The number of nitrogens with zero attached hydrogens (tertiary/aromatic N) is 1. The van der Waals surface area contributed by atoms with E-state index in [1.807, 2.05) is 13.0 Å². The van der Waals surface area contributed by atoms with Gasteiger partial charge in [-0.1, -0.05) is 0 Å². The molecule has 0 saturated carbocycles. The Bertz CT molecular complexity index is 207. The van der Waals surface area contributed by atoms with Crippen LogP contribution >= 0.6 is 11.5 Å². The molecule has 0 saturated heterocycles. The Labute approximate surface area is 57.7 Å². The van der Waals surface area contributed by atoms with Gasteiger partial charge < -0.3 is 4.79 Å². The molecule has 0 aliphatic carbocycles. The summed E-state index contributed by atoms with van der Waals surface area (Å²) in [5.41, 5.74) is 0.997. The number of aldehydes is 1. The molecule has 0 aliphatic heterocycles. The van der Waals surface area contributed by atoms with Crippen LogP contribution in [0.15, 0.2) is 6.07 Å². The van der Waals surface area contributed by atoms with Gasteiger partial charge in [0.05, 0.1) is 5.69 Å². The highest BCUT2D eigenvalue weighted by molar-refractivity contribution is 7.05. The molecule has 1 aromatic heterocycles. The summed E-state index contributed by atoms with van der Waals surface area (Å²) in [4.78, 5) is 11.0. The lowest BCUT2D eigenvalue weighted by molar-refractivity contribution is -0.107. The zero-order chi connectivity index (χ0) is 6.69. The van der Waals surface area contributed by atoms with Gasteiger partial charge in [-0.3, -0.25) is 0 Å². The summed E-state index contributed by atoms with van der Waals surface area (Å²) in [5, 5.41) is 0. The predicted molar refractivity (Wildman–Crippen MR) is 36.6 cm³/mol. The van der Waals surface area contributed by atoms with Crippen LogP contribution in [0.1, 0.15) is 10.6 Å². The molecule has 1 aromatic rings. The average molecular weight is 141 g/mol. The molecule has 0 N–H and O–H groups in total. The van der Waals surface area contributed by atoms with Crippen molar-refractivity contribution in [2.75, 3.05) is 0 Å². The van der Waals surface area contributed by atoms with Crippen LogP contribution < -0.4 is 0 Å². The zero-order valence-corrected chi connectivity index (χ0v) is 5.94. The van der Waals surface area contributed by atoms with Crippen molar-refractivity contribution in [3.05, 3.63) is 16.6 Å². The molecule has 2 nitrogen and oxygen atoms in total. The normalized spacial score (nSPS) is 9.44. The van der Waals surface area contributed by atoms with Crippen molar-refractivity contribution < 1.29 is 4.79 Å². The number of hydrogen-bond acceptors (Lipinski definition) is 3. The zero-order valence-electron chi connectivity index (χ0n) is 5.13. The second-order valence-electron chi connectivity index (χ2n) is 1.81. The van der Waals surface area contributed by atoms with E-state index in [9.17, 15) is 4.79 Å². The first-order valence-electron chi connectivity index (χ1n) is 2.69. The van der Waals surface area contributed by atoms with Crippen LogP contribution in [0.5, 0.6) is 0 Å². The quantitative estimate of drug-likeness (QED) is 0.579. The van der Waals surface area contributed by atoms with Gasteiger partial charge in [0.2, 0.25) is 0 Å². The van der Waals surface area contributed by atoms with Crippen LogP contribution in [0.4, 0.5) is 0 Å². The van der Waals surface area contributed by atoms with Gasteiger partial charge in [-0.25, -0.2) is 0 Å². The molecule has 0 radical (unpaired) electrons. The molecule has 3 heteroatoms. The van der Waals surface area contributed by atoms with Crippen molar-refractivity contribution in [3.8, 4) is 0 Å². The maximum atomic E-state index is 9.96. The largest absolute Gasteiger partial charge is 0.303 e. The second kappa shape index (κ2) is 2.73. The number of aryl methyl sites for hydroxylation is 1. The van der Waals surface area contributed by atoms with Gasteiger partial charge in [0.1, 0.15) is 6.29 Å². The fraction of sp³-hybridized carbons (Fsp3) is 0.333. The summed E-state index contributed by atoms with van der Waals surface area (Å²) in [6.07, 6.45) is 1.40. The van der Waals surface area contributed by atoms with Crippen molar-refractivity contribution >= 4 is 17.8 Å². The Kier molecular flexibility index (Phi) is 1.95. The van der Waals surface area contributed by atoms with Gasteiger partial charge in [0.25, 0.3) is 0 Å². The first kappa shape index (κ1) is 6.42. The second-order valence-corrected chi connectivity index (χ2v) is 2.69. The monoisotopic (exact) mass is 141 g/mol. The van der Waals surface area contributed by atoms with E-state index in [0.717, 1.165) is 16.9 Å². The van der Waals surface area contributed by atoms with E-state index in [0.29, 0.717) is 6.42 Å². The molecule has 0 aromatic carbocycles. The summed E-state index contributed by atoms with van der Waals surface area (Å²) in [6.45, 7) is 1.92. The van der Waals surface area contributed by atoms with Crippen molar-refractivity contribution in [2.45, 2.75) is 13.3 Å². The number of rotatable bonds is 2. The standard InChI is InChI=1S/C6H7NOS/c1-5-4-6(2-3-8)9-7-5/h3-4H,2H2,1H3. The molecule has 0 spiro atoms. The van der Waals surface area contributed by atoms with Crippen LogP contribution in [0.2, 0.25) is 0 Å². The Balaban J connectivity index is 2.72. The molecule has 9 heavy (non-hydrogen) atoms. The highest BCUT2D eigenvalue weighted by Gasteiger charge is 1.94. The van der Waals surface area contributed by atoms with Gasteiger partial charge >= 0.3 is 0 Å². The Morgan fingerprint density at radius 2 is 2.67 bits per heavy atom. The minimum atomic E-state index is 0.505. The summed E-state index contributed by atoms with van der Waals surface area (Å²) in [5.74, 6) is 0. The van der Waals surface area contributed by atoms with E-state index in [-0.39, 0.29) is 0 Å². The van der Waals surface area contributed by atoms with E-state index in [1.165, 1.54) is 11.5 Å². The lowest BCUT2D eigenvalue weighted by Gasteiger charge is -1.77. The molecule has 0 fully saturated rings. The summed E-state index contributed by atoms with van der Waals surface area (Å²) < 4.78 is 4.02. The third-order valence-electron chi connectivity index (χ3n) is 0.961. The molecule has 48 valence electrons. The first-order chi connectivity index (χ1) is 4.33. The van der Waals surface area contributed by atoms with Gasteiger partial charge in [-0.2, -0.15) is 4.37 Å². The highest BCUT2D eigenvalue weighted by Crippen LogP contribution is 2.07. The topological polar surface area (TPSA) is 30.0 Å². The van der Waals surface area contributed by atoms with E-state index in [1.54, 1.807) is 0 Å². The van der Waals surface area contributed by atoms with Crippen LogP contribution in [0.25, 0.3) is 0 Å². The molecule has 0 unspecified atom stereocenters. The molecule has 0 amide bonds. The fourth-order valence-electron chi connectivity index (χ4n) is 0.595. The van der Waals surface area contributed by atoms with Crippen molar-refractivity contribution in [1.29, 1.82) is 0 Å². The Hall–Kier alpha value is -0.700. The predicted octanol–water partition coefficient (Wildman–Crippen LogP) is 1.19. The van der Waals surface area contributed by atoms with Gasteiger partial charge in [0, 0.05) is 11.3 Å². The molecule has 0 bridgehead atoms. The summed E-state index contributed by atoms with van der Waals surface area (Å²) in [6, 6.07) is 1.93. The van der Waals surface area contributed by atoms with Crippen molar-refractivity contribution in [2.24, 2.45) is 0 Å². The van der Waals surface area contributed by atoms with Crippen LogP contribution in [0.3, 0.4) is 0 Å². The molecule has 0 aliphatic rings. The smallest absolute Gasteiger partial charge is 0.125 e. The van der Waals surface area contributed by atoms with E-state index in [4.69, 9.17) is 0 Å². The molecular formula is C6H7NOS. The summed E-state index contributed by atoms with van der Waals surface area (Å²) in [7, 11) is 0. The number of carbonyl (C=O) groups is 1. The number of aromatic nitrogens is 1. The minimum Gasteiger partial charge on any atom is -0.303 e. The van der Waals surface area contributed by atoms with Crippen LogP contribution in [-0.4, -0.2) is 10.7 Å². The third-order valence-corrected chi connectivity index (χ3v) is 1.86. The number of hydrogen-bond donors (Lipinski definition) is 0. The highest BCUT2D eigenvalue weighted by atomic mass is 32.1. The molecular weight excluding hydrogens is 134 g/mol. The van der Waals surface area contributed by atoms with E-state index in [2.05, 4.69) is 4.37 Å². The SMILES string of the molecule is Cc1cc(CC=O)sn1. The van der Waals surface area contributed by atoms with Gasteiger partial charge in [0.15, 0.2) is 0 Å². The van der Waals surface area contributed by atoms with Crippen molar-refractivity contribution in [3.63, 3.8) is 0 Å². The van der Waals surface area contributed by atoms with Gasteiger partial charge in [-0.05, 0) is 24.5 Å². The Morgan fingerprint density at radius 3 is 3.11 bits per heavy atom. The van der Waals surface area contributed by atoms with E-state index >= 15 is 0 Å². The third kappa shape index (κ3) is 1.61. The first-order valence-corrected chi connectivity index (χ1v) is 3.46. The maximum absolute atomic E-state index is 9.96. The Morgan fingerprint density at radius 1 is 1.89 bits per heavy atom. The molecule has 0 atom stereocenters. The fourth-order valence-corrected chi connectivity index (χ4v) is 1.27. The van der Waals surface area contributed by atoms with E-state index < -0.39 is 0 Å². The van der Waals surface area contributed by atoms with Gasteiger partial charge in [-0.15, -0.1) is 0 Å². The lowest BCUT2D eigenvalue weighted by atomic mass is 10.3. The minimum absolute atomic E-state index is 0.505.